The van der Waals surface area contributed by atoms with Crippen LogP contribution in [-0.4, -0.2) is 20.0 Å². The third-order valence-electron chi connectivity index (χ3n) is 4.37. The first-order valence-corrected chi connectivity index (χ1v) is 6.27. The van der Waals surface area contributed by atoms with Gasteiger partial charge in [-0.05, 0) is 26.3 Å². The zero-order valence-electron chi connectivity index (χ0n) is 11.2. The number of tetrazole rings is 1. The monoisotopic (exact) mass is 262 g/mol. The average Bonchev–Trinajstić information content (AvgIpc) is 2.73. The van der Waals surface area contributed by atoms with E-state index in [4.69, 9.17) is 0 Å². The van der Waals surface area contributed by atoms with Crippen molar-refractivity contribution in [3.05, 3.63) is 33.2 Å². The van der Waals surface area contributed by atoms with Crippen LogP contribution in [0.25, 0.3) is 6.20 Å². The van der Waals surface area contributed by atoms with Crippen molar-refractivity contribution in [2.45, 2.75) is 32.2 Å². The van der Waals surface area contributed by atoms with Crippen LogP contribution in [0.4, 0.5) is 0 Å². The van der Waals surface area contributed by atoms with Crippen LogP contribution in [0.2, 0.25) is 0 Å². The topological polar surface area (TPSA) is 77.7 Å². The molecule has 0 unspecified atom stereocenters. The fourth-order valence-electron chi connectivity index (χ4n) is 3.21. The summed E-state index contributed by atoms with van der Waals surface area (Å²) >= 11 is 0. The van der Waals surface area contributed by atoms with E-state index in [0.29, 0.717) is 18.7 Å². The largest absolute Gasteiger partial charge is 0.340 e. The molecule has 0 spiro atoms. The highest BCUT2D eigenvalue weighted by Crippen LogP contribution is 2.47. The molecule has 7 heteroatoms. The Kier molecular flexibility index (Phi) is 2.35. The molecule has 100 valence electrons. The summed E-state index contributed by atoms with van der Waals surface area (Å²) in [6, 6.07) is 0. The SMILES string of the molecule is CC1=C(C)C[C@@]2([N+](=O)[O-])c3n(nn[n+]3C)C=C[C@H]2C1. The van der Waals surface area contributed by atoms with Gasteiger partial charge >= 0.3 is 11.4 Å². The zero-order valence-corrected chi connectivity index (χ0v) is 11.2. The highest BCUT2D eigenvalue weighted by atomic mass is 16.6. The van der Waals surface area contributed by atoms with Crippen molar-refractivity contribution in [3.63, 3.8) is 0 Å². The van der Waals surface area contributed by atoms with Crippen LogP contribution in [0.3, 0.4) is 0 Å². The number of fused-ring (bicyclic) bond motifs is 3. The molecule has 2 aliphatic rings. The average molecular weight is 262 g/mol. The number of allylic oxidation sites excluding steroid dienone is 1. The lowest BCUT2D eigenvalue weighted by Gasteiger charge is -2.35. The maximum absolute atomic E-state index is 11.8. The van der Waals surface area contributed by atoms with E-state index in [9.17, 15) is 10.1 Å². The molecule has 1 aliphatic carbocycles. The van der Waals surface area contributed by atoms with Gasteiger partial charge in [0, 0.05) is 4.92 Å². The van der Waals surface area contributed by atoms with Gasteiger partial charge in [0.1, 0.15) is 11.4 Å². The molecule has 2 atom stereocenters. The fraction of sp³-hybridized carbons (Fsp3) is 0.583. The number of hydrogen-bond donors (Lipinski definition) is 0. The normalized spacial score (nSPS) is 29.1. The Morgan fingerprint density at radius 2 is 2.26 bits per heavy atom. The van der Waals surface area contributed by atoms with Gasteiger partial charge in [-0.1, -0.05) is 15.8 Å². The molecule has 1 aliphatic heterocycles. The molecule has 0 N–H and O–H groups in total. The molecule has 0 amide bonds. The molecular formula is C12H16N5O2+. The van der Waals surface area contributed by atoms with E-state index >= 15 is 0 Å². The summed E-state index contributed by atoms with van der Waals surface area (Å²) in [5, 5.41) is 19.7. The van der Waals surface area contributed by atoms with E-state index in [1.54, 1.807) is 13.2 Å². The quantitative estimate of drug-likeness (QED) is 0.325. The van der Waals surface area contributed by atoms with Gasteiger partial charge in [-0.2, -0.15) is 0 Å². The molecule has 0 saturated carbocycles. The molecule has 0 radical (unpaired) electrons. The number of aryl methyl sites for hydroxylation is 1. The Labute approximate surface area is 110 Å². The lowest BCUT2D eigenvalue weighted by molar-refractivity contribution is -0.763. The Morgan fingerprint density at radius 1 is 1.53 bits per heavy atom. The van der Waals surface area contributed by atoms with Crippen molar-refractivity contribution < 1.29 is 9.61 Å². The maximum Gasteiger partial charge on any atom is 0.340 e. The van der Waals surface area contributed by atoms with E-state index in [-0.39, 0.29) is 10.8 Å². The molecule has 0 saturated heterocycles. The molecule has 1 aromatic heterocycles. The van der Waals surface area contributed by atoms with Crippen LogP contribution in [0, 0.1) is 16.0 Å². The first-order valence-electron chi connectivity index (χ1n) is 6.27. The van der Waals surface area contributed by atoms with E-state index in [0.717, 1.165) is 5.57 Å². The predicted octanol–water partition coefficient (Wildman–Crippen LogP) is 0.805. The second kappa shape index (κ2) is 3.72. The highest BCUT2D eigenvalue weighted by molar-refractivity contribution is 5.35. The molecule has 0 fully saturated rings. The number of aromatic nitrogens is 4. The van der Waals surface area contributed by atoms with Crippen molar-refractivity contribution >= 4 is 6.20 Å². The Balaban J connectivity index is 2.28. The molecule has 0 bridgehead atoms. The van der Waals surface area contributed by atoms with Crippen molar-refractivity contribution in [1.82, 2.24) is 15.1 Å². The van der Waals surface area contributed by atoms with Crippen LogP contribution >= 0.6 is 0 Å². The molecule has 3 rings (SSSR count). The zero-order chi connectivity index (χ0) is 13.8. The number of nitro groups is 1. The van der Waals surface area contributed by atoms with Crippen LogP contribution in [0.1, 0.15) is 32.5 Å². The van der Waals surface area contributed by atoms with E-state index < -0.39 is 5.54 Å². The first kappa shape index (κ1) is 12.0. The van der Waals surface area contributed by atoms with Crippen LogP contribution < -0.4 is 4.68 Å². The van der Waals surface area contributed by atoms with Gasteiger partial charge in [0.05, 0.1) is 19.4 Å². The van der Waals surface area contributed by atoms with Crippen LogP contribution in [0.15, 0.2) is 17.2 Å². The number of rotatable bonds is 1. The van der Waals surface area contributed by atoms with Crippen molar-refractivity contribution in [2.24, 2.45) is 13.0 Å². The summed E-state index contributed by atoms with van der Waals surface area (Å²) in [6.45, 7) is 4.03. The van der Waals surface area contributed by atoms with Crippen molar-refractivity contribution in [1.29, 1.82) is 0 Å². The summed E-state index contributed by atoms with van der Waals surface area (Å²) in [7, 11) is 1.71. The van der Waals surface area contributed by atoms with E-state index in [1.807, 2.05) is 13.0 Å². The molecule has 1 aromatic rings. The summed E-state index contributed by atoms with van der Waals surface area (Å²) in [6.07, 6.45) is 4.81. The minimum Gasteiger partial charge on any atom is -0.263 e. The third kappa shape index (κ3) is 1.41. The second-order valence-corrected chi connectivity index (χ2v) is 5.44. The lowest BCUT2D eigenvalue weighted by atomic mass is 9.69. The second-order valence-electron chi connectivity index (χ2n) is 5.44. The molecule has 2 heterocycles. The van der Waals surface area contributed by atoms with Gasteiger partial charge in [-0.15, -0.1) is 4.68 Å². The third-order valence-corrected chi connectivity index (χ3v) is 4.37. The number of nitrogens with zero attached hydrogens (tertiary/aromatic N) is 5. The van der Waals surface area contributed by atoms with E-state index in [1.165, 1.54) is 14.9 Å². The van der Waals surface area contributed by atoms with Crippen molar-refractivity contribution in [2.75, 3.05) is 0 Å². The minimum absolute atomic E-state index is 0.136. The summed E-state index contributed by atoms with van der Waals surface area (Å²) in [5.74, 6) is 0.417. The molecule has 19 heavy (non-hydrogen) atoms. The van der Waals surface area contributed by atoms with Gasteiger partial charge in [0.2, 0.25) is 0 Å². The molecule has 7 nitrogen and oxygen atoms in total. The maximum atomic E-state index is 11.8. The summed E-state index contributed by atoms with van der Waals surface area (Å²) in [4.78, 5) is 11.7. The standard InChI is InChI=1S/C12H16N5O2/c1-8-6-10-4-5-16-11(15(3)13-14-16)12(10,17(18)19)7-9(8)2/h4-5,10H,6-7H2,1-3H3/q+1/t10-,12-/m0/s1. The van der Waals surface area contributed by atoms with Gasteiger partial charge in [0.25, 0.3) is 0 Å². The van der Waals surface area contributed by atoms with Gasteiger partial charge in [0.15, 0.2) is 5.21 Å². The smallest absolute Gasteiger partial charge is 0.263 e. The van der Waals surface area contributed by atoms with Gasteiger partial charge in [-0.3, -0.25) is 10.1 Å². The summed E-state index contributed by atoms with van der Waals surface area (Å²) < 4.78 is 3.04. The van der Waals surface area contributed by atoms with Gasteiger partial charge in [-0.25, -0.2) is 0 Å². The summed E-state index contributed by atoms with van der Waals surface area (Å²) in [5.41, 5.74) is 1.20. The predicted molar refractivity (Wildman–Crippen MR) is 66.3 cm³/mol. The molecule has 0 aromatic carbocycles. The highest BCUT2D eigenvalue weighted by Gasteiger charge is 2.62. The minimum atomic E-state index is -1.14. The fourth-order valence-corrected chi connectivity index (χ4v) is 3.21. The lowest BCUT2D eigenvalue weighted by Crippen LogP contribution is -2.55. The van der Waals surface area contributed by atoms with Crippen LogP contribution in [0.5, 0.6) is 0 Å². The van der Waals surface area contributed by atoms with E-state index in [2.05, 4.69) is 17.4 Å². The Bertz CT molecular complexity index is 630. The Hall–Kier alpha value is -2.05. The van der Waals surface area contributed by atoms with Crippen molar-refractivity contribution in [3.8, 4) is 0 Å². The Morgan fingerprint density at radius 3 is 2.95 bits per heavy atom. The first-order chi connectivity index (χ1) is 8.96. The van der Waals surface area contributed by atoms with Gasteiger partial charge < -0.3 is 0 Å². The molecular weight excluding hydrogens is 246 g/mol. The number of hydrogen-bond acceptors (Lipinski definition) is 4. The van der Waals surface area contributed by atoms with Crippen LogP contribution in [-0.2, 0) is 12.6 Å².